The number of benzene rings is 1. The van der Waals surface area contributed by atoms with Gasteiger partial charge in [0.05, 0.1) is 0 Å². The second kappa shape index (κ2) is 7.26. The van der Waals surface area contributed by atoms with E-state index in [2.05, 4.69) is 21.2 Å². The van der Waals surface area contributed by atoms with Crippen LogP contribution in [-0.2, 0) is 0 Å². The second-order valence-electron chi connectivity index (χ2n) is 5.34. The maximum Gasteiger partial charge on any atom is 0.275 e. The first-order chi connectivity index (χ1) is 11.8. The van der Waals surface area contributed by atoms with Crippen molar-refractivity contribution in [1.29, 1.82) is 0 Å². The van der Waals surface area contributed by atoms with E-state index >= 15 is 0 Å². The molecule has 2 aliphatic heterocycles. The van der Waals surface area contributed by atoms with Gasteiger partial charge in [-0.3, -0.25) is 9.52 Å². The molecule has 1 N–H and O–H groups in total. The van der Waals surface area contributed by atoms with Crippen LogP contribution in [0, 0.1) is 0 Å². The molecule has 24 heavy (non-hydrogen) atoms. The molecular formula is C16H16N2O3S3. The highest BCUT2D eigenvalue weighted by atomic mass is 32.2. The molecule has 126 valence electrons. The Morgan fingerprint density at radius 1 is 1.21 bits per heavy atom. The molecule has 0 atom stereocenters. The predicted octanol–water partition coefficient (Wildman–Crippen LogP) is 3.67. The molecule has 3 heterocycles. The highest BCUT2D eigenvalue weighted by Crippen LogP contribution is 2.39. The molecule has 0 unspecified atom stereocenters. The van der Waals surface area contributed by atoms with Crippen molar-refractivity contribution in [3.05, 3.63) is 34.5 Å². The van der Waals surface area contributed by atoms with Crippen LogP contribution in [0.25, 0.3) is 0 Å². The maximum atomic E-state index is 12.4. The van der Waals surface area contributed by atoms with E-state index < -0.39 is 0 Å². The van der Waals surface area contributed by atoms with Crippen LogP contribution >= 0.6 is 35.2 Å². The number of hydrogen-bond acceptors (Lipinski definition) is 7. The van der Waals surface area contributed by atoms with E-state index in [4.69, 9.17) is 9.47 Å². The van der Waals surface area contributed by atoms with Crippen molar-refractivity contribution in [3.8, 4) is 11.5 Å². The van der Waals surface area contributed by atoms with Crippen LogP contribution in [0.5, 0.6) is 11.5 Å². The lowest BCUT2D eigenvalue weighted by Crippen LogP contribution is -2.30. The van der Waals surface area contributed by atoms with Gasteiger partial charge in [-0.15, -0.1) is 11.3 Å². The fraction of sp³-hybridized carbons (Fsp3) is 0.312. The molecule has 0 radical (unpaired) electrons. The molecule has 1 amide bonds. The minimum atomic E-state index is -0.155. The Labute approximate surface area is 153 Å². The minimum Gasteiger partial charge on any atom is -0.485 e. The summed E-state index contributed by atoms with van der Waals surface area (Å²) in [5, 5.41) is 1.82. The third kappa shape index (κ3) is 3.51. The molecule has 1 aromatic heterocycles. The number of nitrogens with zero attached hydrogens (tertiary/aromatic N) is 1. The fourth-order valence-electron chi connectivity index (χ4n) is 2.29. The number of rotatable bonds is 5. The molecular weight excluding hydrogens is 364 g/mol. The van der Waals surface area contributed by atoms with Crippen LogP contribution in [0.15, 0.2) is 39.4 Å². The van der Waals surface area contributed by atoms with Crippen LogP contribution in [0.2, 0.25) is 0 Å². The van der Waals surface area contributed by atoms with Gasteiger partial charge in [-0.1, -0.05) is 6.07 Å². The van der Waals surface area contributed by atoms with Gasteiger partial charge in [-0.2, -0.15) is 0 Å². The maximum absolute atomic E-state index is 12.4. The van der Waals surface area contributed by atoms with Gasteiger partial charge in [-0.25, -0.2) is 4.31 Å². The zero-order valence-electron chi connectivity index (χ0n) is 12.8. The summed E-state index contributed by atoms with van der Waals surface area (Å²) in [7, 11) is 0. The van der Waals surface area contributed by atoms with Crippen molar-refractivity contribution in [3.63, 3.8) is 0 Å². The van der Waals surface area contributed by atoms with E-state index in [1.54, 1.807) is 11.9 Å². The summed E-state index contributed by atoms with van der Waals surface area (Å²) < 4.78 is 16.3. The minimum absolute atomic E-state index is 0.155. The summed E-state index contributed by atoms with van der Waals surface area (Å²) in [6.45, 7) is 3.29. The molecule has 0 spiro atoms. The lowest BCUT2D eigenvalue weighted by atomic mass is 10.3. The van der Waals surface area contributed by atoms with Gasteiger partial charge in [0.15, 0.2) is 11.5 Å². The molecule has 5 nitrogen and oxygen atoms in total. The Hall–Kier alpha value is -1.35. The van der Waals surface area contributed by atoms with Crippen LogP contribution < -0.4 is 14.2 Å². The van der Waals surface area contributed by atoms with Gasteiger partial charge in [0.2, 0.25) is 0 Å². The zero-order valence-corrected chi connectivity index (χ0v) is 15.3. The Balaban J connectivity index is 1.38. The number of fused-ring (bicyclic) bond motifs is 1. The summed E-state index contributed by atoms with van der Waals surface area (Å²) in [6.07, 6.45) is 1.27. The van der Waals surface area contributed by atoms with Crippen LogP contribution in [0.3, 0.4) is 0 Å². The molecule has 0 bridgehead atoms. The smallest absolute Gasteiger partial charge is 0.275 e. The zero-order chi connectivity index (χ0) is 16.4. The molecule has 4 rings (SSSR count). The topological polar surface area (TPSA) is 50.8 Å². The molecule has 2 aliphatic rings. The fourth-order valence-corrected chi connectivity index (χ4v) is 4.96. The molecule has 1 saturated heterocycles. The van der Waals surface area contributed by atoms with Gasteiger partial charge < -0.3 is 9.47 Å². The summed E-state index contributed by atoms with van der Waals surface area (Å²) in [5.41, 5.74) is 0. The summed E-state index contributed by atoms with van der Waals surface area (Å²) in [5.74, 6) is 1.07. The summed E-state index contributed by atoms with van der Waals surface area (Å²) in [6, 6.07) is 8.20. The third-order valence-electron chi connectivity index (χ3n) is 3.62. The number of amides is 1. The van der Waals surface area contributed by atoms with E-state index in [1.807, 2.05) is 17.5 Å². The van der Waals surface area contributed by atoms with Gasteiger partial charge in [-0.05, 0) is 48.5 Å². The van der Waals surface area contributed by atoms with E-state index in [9.17, 15) is 4.79 Å². The average Bonchev–Trinajstić information content (AvgIpc) is 3.01. The number of ether oxygens (including phenoxy) is 2. The van der Waals surface area contributed by atoms with Crippen molar-refractivity contribution < 1.29 is 14.3 Å². The molecule has 0 saturated carbocycles. The highest BCUT2D eigenvalue weighted by molar-refractivity contribution is 7.98. The van der Waals surface area contributed by atoms with Crippen LogP contribution in [-0.4, -0.2) is 36.5 Å². The van der Waals surface area contributed by atoms with E-state index in [0.717, 1.165) is 18.0 Å². The third-order valence-corrected chi connectivity index (χ3v) is 6.43. The Morgan fingerprint density at radius 2 is 2.04 bits per heavy atom. The average molecular weight is 381 g/mol. The van der Waals surface area contributed by atoms with Gasteiger partial charge in [0.25, 0.3) is 5.91 Å². The Morgan fingerprint density at radius 3 is 2.88 bits per heavy atom. The molecule has 2 aromatic rings. The molecule has 1 fully saturated rings. The quantitative estimate of drug-likeness (QED) is 0.799. The second-order valence-corrected chi connectivity index (χ2v) is 8.27. The van der Waals surface area contributed by atoms with Crippen LogP contribution in [0.1, 0.15) is 16.1 Å². The van der Waals surface area contributed by atoms with E-state index in [-0.39, 0.29) is 5.91 Å². The van der Waals surface area contributed by atoms with Gasteiger partial charge in [0.1, 0.15) is 18.1 Å². The highest BCUT2D eigenvalue weighted by Gasteiger charge is 2.23. The standard InChI is InChI=1S/C16H16N2O3S3/c19-16(15-14-13(10-22-15)20-7-8-21-14)17-23-11-3-1-4-12(9-11)24-18-5-2-6-18/h1,3-4,9-10H,2,5-8H2,(H,17,19). The van der Waals surface area contributed by atoms with Crippen LogP contribution in [0.4, 0.5) is 0 Å². The normalized spacial score (nSPS) is 16.5. The van der Waals surface area contributed by atoms with Gasteiger partial charge >= 0.3 is 0 Å². The SMILES string of the molecule is O=C(NSc1cccc(SN2CCC2)c1)c1scc2c1OCCO2. The van der Waals surface area contributed by atoms with E-state index in [1.165, 1.54) is 34.6 Å². The summed E-state index contributed by atoms with van der Waals surface area (Å²) >= 11 is 4.44. The Bertz CT molecular complexity index is 746. The van der Waals surface area contributed by atoms with Crippen molar-refractivity contribution in [2.24, 2.45) is 0 Å². The first-order valence-corrected chi connectivity index (χ1v) is 10.1. The largest absolute Gasteiger partial charge is 0.485 e. The summed E-state index contributed by atoms with van der Waals surface area (Å²) in [4.78, 5) is 15.2. The first kappa shape index (κ1) is 16.1. The molecule has 8 heteroatoms. The number of carbonyl (C=O) groups excluding carboxylic acids is 1. The lowest BCUT2D eigenvalue weighted by molar-refractivity contribution is 0.0979. The molecule has 1 aromatic carbocycles. The number of thiophene rings is 1. The monoisotopic (exact) mass is 380 g/mol. The lowest BCUT2D eigenvalue weighted by Gasteiger charge is -2.29. The Kier molecular flexibility index (Phi) is 4.88. The number of nitrogens with one attached hydrogen (secondary N) is 1. The first-order valence-electron chi connectivity index (χ1n) is 7.67. The number of carbonyl (C=O) groups is 1. The molecule has 0 aliphatic carbocycles. The van der Waals surface area contributed by atoms with Crippen molar-refractivity contribution in [2.75, 3.05) is 26.3 Å². The van der Waals surface area contributed by atoms with Crippen molar-refractivity contribution >= 4 is 41.1 Å². The number of hydrogen-bond donors (Lipinski definition) is 1. The van der Waals surface area contributed by atoms with Crippen molar-refractivity contribution in [1.82, 2.24) is 9.03 Å². The van der Waals surface area contributed by atoms with Gasteiger partial charge in [0, 0.05) is 28.3 Å². The van der Waals surface area contributed by atoms with Crippen molar-refractivity contribution in [2.45, 2.75) is 16.2 Å². The predicted molar refractivity (Wildman–Crippen MR) is 97.1 cm³/mol. The van der Waals surface area contributed by atoms with E-state index in [0.29, 0.717) is 29.6 Å².